The van der Waals surface area contributed by atoms with Crippen LogP contribution in [0.2, 0.25) is 0 Å². The fourth-order valence-corrected chi connectivity index (χ4v) is 1.69. The Kier molecular flexibility index (Phi) is 2.61. The van der Waals surface area contributed by atoms with Crippen LogP contribution < -0.4 is 0 Å². The lowest BCUT2D eigenvalue weighted by Gasteiger charge is -2.16. The van der Waals surface area contributed by atoms with Crippen LogP contribution in [0.1, 0.15) is 33.6 Å². The molecule has 0 unspecified atom stereocenters. The highest BCUT2D eigenvalue weighted by Crippen LogP contribution is 2.37. The number of esters is 1. The topological polar surface area (TPSA) is 26.3 Å². The highest BCUT2D eigenvalue weighted by Gasteiger charge is 2.38. The summed E-state index contributed by atoms with van der Waals surface area (Å²) in [5, 5.41) is 0. The first kappa shape index (κ1) is 9.78. The summed E-state index contributed by atoms with van der Waals surface area (Å²) in [6.45, 7) is 5.82. The molecule has 0 aliphatic carbocycles. The van der Waals surface area contributed by atoms with Gasteiger partial charge in [-0.15, -0.1) is 0 Å². The molecule has 1 aliphatic heterocycles. The molecule has 0 amide bonds. The highest BCUT2D eigenvalue weighted by atomic mass is 79.9. The van der Waals surface area contributed by atoms with Gasteiger partial charge >= 0.3 is 5.97 Å². The molecular weight excluding hydrogens is 220 g/mol. The number of ether oxygens (including phenoxy) is 1. The third-order valence-electron chi connectivity index (χ3n) is 1.89. The normalized spacial score (nSPS) is 21.5. The van der Waals surface area contributed by atoms with Gasteiger partial charge in [-0.1, -0.05) is 29.3 Å². The second-order valence-corrected chi connectivity index (χ2v) is 4.24. The maximum absolute atomic E-state index is 11.3. The Labute approximate surface area is 81.1 Å². The quantitative estimate of drug-likeness (QED) is 0.685. The van der Waals surface area contributed by atoms with Gasteiger partial charge in [-0.05, 0) is 20.3 Å². The molecule has 0 fully saturated rings. The first-order chi connectivity index (χ1) is 5.49. The van der Waals surface area contributed by atoms with Crippen molar-refractivity contribution < 1.29 is 9.53 Å². The van der Waals surface area contributed by atoms with Crippen LogP contribution in [0, 0.1) is 0 Å². The molecule has 2 nitrogen and oxygen atoms in total. The zero-order chi connectivity index (χ0) is 9.35. The summed E-state index contributed by atoms with van der Waals surface area (Å²) in [4.78, 5) is 11.3. The van der Waals surface area contributed by atoms with Crippen molar-refractivity contribution in [3.63, 3.8) is 0 Å². The summed E-state index contributed by atoms with van der Waals surface area (Å²) < 4.78 is 6.07. The Morgan fingerprint density at radius 1 is 1.50 bits per heavy atom. The van der Waals surface area contributed by atoms with Gasteiger partial charge in [0.1, 0.15) is 5.60 Å². The molecule has 0 bridgehead atoms. The molecule has 3 heteroatoms. The van der Waals surface area contributed by atoms with Gasteiger partial charge in [-0.2, -0.15) is 0 Å². The maximum Gasteiger partial charge on any atom is 0.335 e. The zero-order valence-electron chi connectivity index (χ0n) is 7.61. The molecule has 1 rings (SSSR count). The van der Waals surface area contributed by atoms with E-state index in [0.29, 0.717) is 0 Å². The van der Waals surface area contributed by atoms with E-state index in [1.807, 2.05) is 20.8 Å². The fourth-order valence-electron chi connectivity index (χ4n) is 1.25. The largest absolute Gasteiger partial charge is 0.451 e. The molecular formula is C9H13BrO2. The molecule has 12 heavy (non-hydrogen) atoms. The predicted molar refractivity (Wildman–Crippen MR) is 51.0 cm³/mol. The SMILES string of the molecule is CCCC1=C(Br)C(C)(C)OC1=O. The molecule has 1 heterocycles. The van der Waals surface area contributed by atoms with E-state index in [1.54, 1.807) is 0 Å². The molecule has 0 aromatic rings. The average molecular weight is 233 g/mol. The minimum absolute atomic E-state index is 0.172. The lowest BCUT2D eigenvalue weighted by atomic mass is 10.1. The average Bonchev–Trinajstić information content (AvgIpc) is 2.13. The van der Waals surface area contributed by atoms with Gasteiger partial charge in [0.15, 0.2) is 0 Å². The number of hydrogen-bond acceptors (Lipinski definition) is 2. The molecule has 0 aromatic carbocycles. The van der Waals surface area contributed by atoms with Crippen molar-refractivity contribution >= 4 is 21.9 Å². The molecule has 68 valence electrons. The second-order valence-electron chi connectivity index (χ2n) is 3.44. The Hall–Kier alpha value is -0.310. The van der Waals surface area contributed by atoms with E-state index in [9.17, 15) is 4.79 Å². The van der Waals surface area contributed by atoms with Crippen LogP contribution in [0.3, 0.4) is 0 Å². The summed E-state index contributed by atoms with van der Waals surface area (Å²) in [6, 6.07) is 0. The third-order valence-corrected chi connectivity index (χ3v) is 3.32. The van der Waals surface area contributed by atoms with Crippen molar-refractivity contribution in [2.45, 2.75) is 39.2 Å². The number of rotatable bonds is 2. The van der Waals surface area contributed by atoms with Gasteiger partial charge in [-0.3, -0.25) is 0 Å². The Morgan fingerprint density at radius 2 is 2.08 bits per heavy atom. The van der Waals surface area contributed by atoms with E-state index in [-0.39, 0.29) is 5.97 Å². The van der Waals surface area contributed by atoms with Gasteiger partial charge in [0.05, 0.1) is 5.57 Å². The van der Waals surface area contributed by atoms with Crippen LogP contribution >= 0.6 is 15.9 Å². The summed E-state index contributed by atoms with van der Waals surface area (Å²) in [5.74, 6) is -0.172. The number of cyclic esters (lactones) is 1. The Morgan fingerprint density at radius 3 is 2.42 bits per heavy atom. The van der Waals surface area contributed by atoms with Crippen molar-refractivity contribution in [1.29, 1.82) is 0 Å². The van der Waals surface area contributed by atoms with Crippen LogP contribution in [-0.2, 0) is 9.53 Å². The standard InChI is InChI=1S/C9H13BrO2/c1-4-5-6-7(10)9(2,3)12-8(6)11/h4-5H2,1-3H3. The summed E-state index contributed by atoms with van der Waals surface area (Å²) in [5.41, 5.74) is 0.337. The van der Waals surface area contributed by atoms with Gasteiger partial charge < -0.3 is 4.74 Å². The third kappa shape index (κ3) is 1.56. The van der Waals surface area contributed by atoms with Crippen molar-refractivity contribution in [3.8, 4) is 0 Å². The number of halogens is 1. The lowest BCUT2D eigenvalue weighted by Crippen LogP contribution is -2.20. The number of hydrogen-bond donors (Lipinski definition) is 0. The van der Waals surface area contributed by atoms with Crippen LogP contribution in [0.25, 0.3) is 0 Å². The van der Waals surface area contributed by atoms with Crippen LogP contribution in [-0.4, -0.2) is 11.6 Å². The van der Waals surface area contributed by atoms with Crippen molar-refractivity contribution in [1.82, 2.24) is 0 Å². The van der Waals surface area contributed by atoms with Crippen molar-refractivity contribution in [2.24, 2.45) is 0 Å². The molecule has 0 saturated carbocycles. The fraction of sp³-hybridized carbons (Fsp3) is 0.667. The van der Waals surface area contributed by atoms with Crippen molar-refractivity contribution in [3.05, 3.63) is 10.1 Å². The van der Waals surface area contributed by atoms with Gasteiger partial charge in [0, 0.05) is 4.48 Å². The van der Waals surface area contributed by atoms with Gasteiger partial charge in [0.25, 0.3) is 0 Å². The van der Waals surface area contributed by atoms with E-state index in [1.165, 1.54) is 0 Å². The summed E-state index contributed by atoms with van der Waals surface area (Å²) >= 11 is 3.40. The molecule has 0 aromatic heterocycles. The monoisotopic (exact) mass is 232 g/mol. The van der Waals surface area contributed by atoms with Gasteiger partial charge in [0.2, 0.25) is 0 Å². The first-order valence-electron chi connectivity index (χ1n) is 4.11. The van der Waals surface area contributed by atoms with E-state index >= 15 is 0 Å². The van der Waals surface area contributed by atoms with Crippen molar-refractivity contribution in [2.75, 3.05) is 0 Å². The molecule has 0 radical (unpaired) electrons. The Balaban J connectivity index is 2.94. The van der Waals surface area contributed by atoms with E-state index < -0.39 is 5.60 Å². The predicted octanol–water partition coefficient (Wildman–Crippen LogP) is 2.77. The lowest BCUT2D eigenvalue weighted by molar-refractivity contribution is -0.144. The second kappa shape index (κ2) is 3.21. The zero-order valence-corrected chi connectivity index (χ0v) is 9.19. The van der Waals surface area contributed by atoms with E-state index in [4.69, 9.17) is 4.74 Å². The first-order valence-corrected chi connectivity index (χ1v) is 4.91. The minimum atomic E-state index is -0.457. The molecule has 0 N–H and O–H groups in total. The smallest absolute Gasteiger partial charge is 0.335 e. The number of carbonyl (C=O) groups excluding carboxylic acids is 1. The Bertz CT molecular complexity index is 241. The van der Waals surface area contributed by atoms with Crippen LogP contribution in [0.5, 0.6) is 0 Å². The molecule has 0 spiro atoms. The van der Waals surface area contributed by atoms with E-state index in [0.717, 1.165) is 22.9 Å². The summed E-state index contributed by atoms with van der Waals surface area (Å²) in [7, 11) is 0. The summed E-state index contributed by atoms with van der Waals surface area (Å²) in [6.07, 6.45) is 1.76. The maximum atomic E-state index is 11.3. The molecule has 0 saturated heterocycles. The van der Waals surface area contributed by atoms with E-state index in [2.05, 4.69) is 15.9 Å². The molecule has 1 aliphatic rings. The van der Waals surface area contributed by atoms with Gasteiger partial charge in [-0.25, -0.2) is 4.79 Å². The minimum Gasteiger partial charge on any atom is -0.451 e. The van der Waals surface area contributed by atoms with Crippen LogP contribution in [0.4, 0.5) is 0 Å². The number of carbonyl (C=O) groups is 1. The highest BCUT2D eigenvalue weighted by molar-refractivity contribution is 9.11. The van der Waals surface area contributed by atoms with Crippen LogP contribution in [0.15, 0.2) is 10.1 Å². The molecule has 0 atom stereocenters.